The number of nitrogens with one attached hydrogen (secondary N) is 2. The van der Waals surface area contributed by atoms with Crippen LogP contribution in [0.25, 0.3) is 0 Å². The van der Waals surface area contributed by atoms with E-state index in [4.69, 9.17) is 0 Å². The molecule has 0 fully saturated rings. The van der Waals surface area contributed by atoms with E-state index < -0.39 is 10.8 Å². The molecule has 0 spiro atoms. The van der Waals surface area contributed by atoms with Gasteiger partial charge in [-0.15, -0.1) is 0 Å². The molecule has 1 aromatic carbocycles. The van der Waals surface area contributed by atoms with Gasteiger partial charge < -0.3 is 10.4 Å². The number of hydrogen-bond donors (Lipinski definition) is 3. The lowest BCUT2D eigenvalue weighted by Gasteiger charge is -2.08. The maximum absolute atomic E-state index is 12.2. The summed E-state index contributed by atoms with van der Waals surface area (Å²) in [6, 6.07) is 3.88. The molecule has 1 heterocycles. The van der Waals surface area contributed by atoms with Crippen LogP contribution in [-0.4, -0.2) is 33.4 Å². The average Bonchev–Trinajstić information content (AvgIpc) is 3.01. The fraction of sp³-hybridized carbons (Fsp3) is 0.214. The Morgan fingerprint density at radius 1 is 1.38 bits per heavy atom. The van der Waals surface area contributed by atoms with Gasteiger partial charge in [0.05, 0.1) is 10.5 Å². The number of carbonyl (C=O) groups excluding carboxylic acids is 2. The summed E-state index contributed by atoms with van der Waals surface area (Å²) in [5.41, 5.74) is 0.0912. The van der Waals surface area contributed by atoms with Crippen molar-refractivity contribution in [3.8, 4) is 5.75 Å². The SMILES string of the molecule is CCCNC(=O)c1ccc(O)c(C(=O)Nc2ncc([N+](=O)[O-])s2)c1. The monoisotopic (exact) mass is 350 g/mol. The van der Waals surface area contributed by atoms with Crippen LogP contribution in [0.3, 0.4) is 0 Å². The van der Waals surface area contributed by atoms with E-state index in [1.54, 1.807) is 0 Å². The summed E-state index contributed by atoms with van der Waals surface area (Å²) in [6.07, 6.45) is 1.79. The predicted molar refractivity (Wildman–Crippen MR) is 87.5 cm³/mol. The van der Waals surface area contributed by atoms with Gasteiger partial charge in [0, 0.05) is 12.1 Å². The molecule has 0 saturated heterocycles. The third-order valence-corrected chi connectivity index (χ3v) is 3.80. The molecular weight excluding hydrogens is 336 g/mol. The molecule has 0 saturated carbocycles. The highest BCUT2D eigenvalue weighted by molar-refractivity contribution is 7.18. The highest BCUT2D eigenvalue weighted by Crippen LogP contribution is 2.26. The van der Waals surface area contributed by atoms with Gasteiger partial charge in [-0.1, -0.05) is 6.92 Å². The molecule has 2 amide bonds. The van der Waals surface area contributed by atoms with Gasteiger partial charge in [-0.3, -0.25) is 25.0 Å². The minimum atomic E-state index is -0.720. The molecular formula is C14H14N4O5S. The number of aromatic hydroxyl groups is 1. The second kappa shape index (κ2) is 7.51. The lowest BCUT2D eigenvalue weighted by molar-refractivity contribution is -0.380. The molecule has 0 bridgehead atoms. The van der Waals surface area contributed by atoms with Crippen molar-refractivity contribution in [2.45, 2.75) is 13.3 Å². The molecule has 1 aromatic heterocycles. The summed E-state index contributed by atoms with van der Waals surface area (Å²) in [5, 5.41) is 25.2. The third kappa shape index (κ3) is 4.04. The van der Waals surface area contributed by atoms with Crippen LogP contribution in [0.5, 0.6) is 5.75 Å². The van der Waals surface area contributed by atoms with Gasteiger partial charge >= 0.3 is 5.00 Å². The minimum absolute atomic E-state index is 0.0203. The third-order valence-electron chi connectivity index (χ3n) is 2.93. The van der Waals surface area contributed by atoms with E-state index in [2.05, 4.69) is 15.6 Å². The van der Waals surface area contributed by atoms with Gasteiger partial charge in [0.25, 0.3) is 11.8 Å². The fourth-order valence-electron chi connectivity index (χ4n) is 1.77. The number of thiazole rings is 1. The number of nitrogens with zero attached hydrogens (tertiary/aromatic N) is 2. The summed E-state index contributed by atoms with van der Waals surface area (Å²) >= 11 is 0.688. The van der Waals surface area contributed by atoms with Crippen LogP contribution < -0.4 is 10.6 Å². The van der Waals surface area contributed by atoms with Crippen LogP contribution in [0.4, 0.5) is 10.1 Å². The smallest absolute Gasteiger partial charge is 0.345 e. The van der Waals surface area contributed by atoms with Crippen molar-refractivity contribution >= 4 is 33.3 Å². The zero-order valence-corrected chi connectivity index (χ0v) is 13.4. The Morgan fingerprint density at radius 3 is 2.75 bits per heavy atom. The Morgan fingerprint density at radius 2 is 2.12 bits per heavy atom. The summed E-state index contributed by atoms with van der Waals surface area (Å²) in [6.45, 7) is 2.40. The zero-order valence-electron chi connectivity index (χ0n) is 12.6. The first-order valence-electron chi connectivity index (χ1n) is 6.95. The van der Waals surface area contributed by atoms with E-state index in [1.807, 2.05) is 6.92 Å². The summed E-state index contributed by atoms with van der Waals surface area (Å²) in [4.78, 5) is 37.8. The van der Waals surface area contributed by atoms with Crippen LogP contribution in [0.15, 0.2) is 24.4 Å². The first-order chi connectivity index (χ1) is 11.4. The second-order valence-electron chi connectivity index (χ2n) is 4.70. The first-order valence-corrected chi connectivity index (χ1v) is 7.76. The molecule has 126 valence electrons. The van der Waals surface area contributed by atoms with Gasteiger partial charge in [0.2, 0.25) is 0 Å². The number of carbonyl (C=O) groups is 2. The summed E-state index contributed by atoms with van der Waals surface area (Å²) in [5.74, 6) is -1.40. The number of aromatic nitrogens is 1. The number of phenolic OH excluding ortho intramolecular Hbond substituents is 1. The van der Waals surface area contributed by atoms with E-state index in [0.29, 0.717) is 17.9 Å². The fourth-order valence-corrected chi connectivity index (χ4v) is 2.40. The van der Waals surface area contributed by atoms with Crippen LogP contribution in [0, 0.1) is 10.1 Å². The Kier molecular flexibility index (Phi) is 5.42. The van der Waals surface area contributed by atoms with Crippen molar-refractivity contribution in [2.24, 2.45) is 0 Å². The molecule has 0 aliphatic carbocycles. The summed E-state index contributed by atoms with van der Waals surface area (Å²) in [7, 11) is 0. The molecule has 10 heteroatoms. The number of benzene rings is 1. The van der Waals surface area contributed by atoms with Crippen molar-refractivity contribution < 1.29 is 19.6 Å². The molecule has 0 unspecified atom stereocenters. The van der Waals surface area contributed by atoms with Crippen molar-refractivity contribution in [2.75, 3.05) is 11.9 Å². The number of amides is 2. The van der Waals surface area contributed by atoms with Crippen molar-refractivity contribution in [3.63, 3.8) is 0 Å². The molecule has 9 nitrogen and oxygen atoms in total. The van der Waals surface area contributed by atoms with E-state index in [9.17, 15) is 24.8 Å². The van der Waals surface area contributed by atoms with Gasteiger partial charge in [-0.2, -0.15) is 0 Å². The molecule has 0 radical (unpaired) electrons. The number of rotatable bonds is 6. The van der Waals surface area contributed by atoms with Crippen molar-refractivity contribution in [1.82, 2.24) is 10.3 Å². The number of phenols is 1. The molecule has 3 N–H and O–H groups in total. The van der Waals surface area contributed by atoms with E-state index in [1.165, 1.54) is 18.2 Å². The summed E-state index contributed by atoms with van der Waals surface area (Å²) < 4.78 is 0. The quantitative estimate of drug-likeness (QED) is 0.540. The first kappa shape index (κ1) is 17.3. The normalized spacial score (nSPS) is 10.2. The number of anilines is 1. The minimum Gasteiger partial charge on any atom is -0.507 e. The molecule has 2 aromatic rings. The lowest BCUT2D eigenvalue weighted by atomic mass is 10.1. The van der Waals surface area contributed by atoms with E-state index in [0.717, 1.165) is 12.6 Å². The average molecular weight is 350 g/mol. The molecule has 2 rings (SSSR count). The predicted octanol–water partition coefficient (Wildman–Crippen LogP) is 2.15. The van der Waals surface area contributed by atoms with Crippen molar-refractivity contribution in [3.05, 3.63) is 45.6 Å². The van der Waals surface area contributed by atoms with Gasteiger partial charge in [0.1, 0.15) is 11.9 Å². The molecule has 24 heavy (non-hydrogen) atoms. The number of hydrogen-bond acceptors (Lipinski definition) is 7. The van der Waals surface area contributed by atoms with E-state index >= 15 is 0 Å². The van der Waals surface area contributed by atoms with Gasteiger partial charge in [-0.25, -0.2) is 4.98 Å². The largest absolute Gasteiger partial charge is 0.507 e. The molecule has 0 atom stereocenters. The van der Waals surface area contributed by atoms with Crippen molar-refractivity contribution in [1.29, 1.82) is 0 Å². The Labute approximate surface area is 140 Å². The van der Waals surface area contributed by atoms with Gasteiger partial charge in [0.15, 0.2) is 5.13 Å². The Hall–Kier alpha value is -3.01. The highest BCUT2D eigenvalue weighted by Gasteiger charge is 2.18. The van der Waals surface area contributed by atoms with Gasteiger partial charge in [-0.05, 0) is 36.0 Å². The van der Waals surface area contributed by atoms with Crippen LogP contribution >= 0.6 is 11.3 Å². The Balaban J connectivity index is 2.18. The standard InChI is InChI=1S/C14H14N4O5S/c1-2-5-15-12(20)8-3-4-10(19)9(6-8)13(21)17-14-16-7-11(24-14)18(22)23/h3-4,6-7,19H,2,5H2,1H3,(H,15,20)(H,16,17,21). The maximum Gasteiger partial charge on any atom is 0.345 e. The highest BCUT2D eigenvalue weighted by atomic mass is 32.1. The lowest BCUT2D eigenvalue weighted by Crippen LogP contribution is -2.24. The zero-order chi connectivity index (χ0) is 17.7. The topological polar surface area (TPSA) is 134 Å². The van der Waals surface area contributed by atoms with Crippen LogP contribution in [-0.2, 0) is 0 Å². The molecule has 0 aliphatic rings. The van der Waals surface area contributed by atoms with Crippen LogP contribution in [0.1, 0.15) is 34.1 Å². The second-order valence-corrected chi connectivity index (χ2v) is 5.71. The van der Waals surface area contributed by atoms with Crippen LogP contribution in [0.2, 0.25) is 0 Å². The van der Waals surface area contributed by atoms with E-state index in [-0.39, 0.29) is 32.9 Å². The number of nitro groups is 1. The molecule has 0 aliphatic heterocycles. The maximum atomic E-state index is 12.2. The Bertz CT molecular complexity index is 789.